The van der Waals surface area contributed by atoms with Gasteiger partial charge in [0.15, 0.2) is 0 Å². The molecular weight excluding hydrogens is 572 g/mol. The van der Waals surface area contributed by atoms with Crippen LogP contribution in [0.15, 0.2) is 24.3 Å². The van der Waals surface area contributed by atoms with Crippen LogP contribution in [-0.4, -0.2) is 142 Å². The number of hydrogen-bond acceptors (Lipinski definition) is 13. The lowest BCUT2D eigenvalue weighted by Gasteiger charge is -2.35. The molecule has 0 radical (unpaired) electrons. The number of rotatable bonds is 17. The fourth-order valence-electron chi connectivity index (χ4n) is 4.76. The van der Waals surface area contributed by atoms with Gasteiger partial charge in [-0.2, -0.15) is 0 Å². The predicted molar refractivity (Wildman–Crippen MR) is 159 cm³/mol. The average molecular weight is 620 g/mol. The summed E-state index contributed by atoms with van der Waals surface area (Å²) < 4.78 is 0. The fourth-order valence-corrected chi connectivity index (χ4v) is 4.76. The van der Waals surface area contributed by atoms with Crippen LogP contribution in [0.5, 0.6) is 0 Å². The highest BCUT2D eigenvalue weighted by molar-refractivity contribution is 5.92. The van der Waals surface area contributed by atoms with Gasteiger partial charge in [0.1, 0.15) is 6.09 Å². The molecule has 1 saturated heterocycles. The number of amides is 2. The van der Waals surface area contributed by atoms with Crippen molar-refractivity contribution in [2.75, 3.05) is 103 Å². The van der Waals surface area contributed by atoms with Crippen molar-refractivity contribution >= 4 is 29.6 Å². The lowest BCUT2D eigenvalue weighted by Crippen LogP contribution is -2.53. The standard InChI is InChI=1S/C29H50N8O7/c30-8-1-2-9-31-10-3-11-32-20-24-4-6-25(7-5-24)33-26(38)21-34-12-13-35(22-27(39)40)14-15-36(23-28(41)42)17-19-37(18-16-34)29(43)44/h4-7,31-32H,1-3,8-23,30H2,(H,33,38)(H,39,40)(H,41,42)(H,43,44)/p-3. The number of carbonyl (C=O) groups excluding carboxylic acids is 4. The van der Waals surface area contributed by atoms with E-state index in [2.05, 4.69) is 16.0 Å². The summed E-state index contributed by atoms with van der Waals surface area (Å²) in [6.45, 7) is 4.63. The molecule has 1 aromatic carbocycles. The number of nitrogens with two attached hydrogens (primary N) is 1. The van der Waals surface area contributed by atoms with E-state index in [0.29, 0.717) is 12.2 Å². The summed E-state index contributed by atoms with van der Waals surface area (Å²) in [4.78, 5) is 53.0. The van der Waals surface area contributed by atoms with Crippen molar-refractivity contribution in [3.63, 3.8) is 0 Å². The Labute approximate surface area is 259 Å². The summed E-state index contributed by atoms with van der Waals surface area (Å²) in [5.41, 5.74) is 7.19. The van der Waals surface area contributed by atoms with Crippen molar-refractivity contribution in [1.29, 1.82) is 0 Å². The number of carbonyl (C=O) groups is 4. The monoisotopic (exact) mass is 619 g/mol. The lowest BCUT2D eigenvalue weighted by atomic mass is 10.2. The van der Waals surface area contributed by atoms with Crippen LogP contribution >= 0.6 is 0 Å². The molecule has 0 aliphatic carbocycles. The highest BCUT2D eigenvalue weighted by Gasteiger charge is 2.18. The zero-order chi connectivity index (χ0) is 32.2. The molecule has 0 saturated carbocycles. The number of nitrogens with zero attached hydrogens (tertiary/aromatic N) is 4. The van der Waals surface area contributed by atoms with Crippen molar-refractivity contribution in [2.45, 2.75) is 25.8 Å². The van der Waals surface area contributed by atoms with E-state index in [-0.39, 0.29) is 71.4 Å². The summed E-state index contributed by atoms with van der Waals surface area (Å²) in [5, 5.41) is 43.8. The van der Waals surface area contributed by atoms with Gasteiger partial charge in [0.05, 0.1) is 18.5 Å². The largest absolute Gasteiger partial charge is 0.549 e. The molecule has 0 bridgehead atoms. The first-order valence-corrected chi connectivity index (χ1v) is 15.2. The molecule has 1 aromatic rings. The minimum absolute atomic E-state index is 0.0104. The fraction of sp³-hybridized carbons (Fsp3) is 0.655. The first kappa shape index (κ1) is 36.8. The third-order valence-corrected chi connectivity index (χ3v) is 7.25. The van der Waals surface area contributed by atoms with E-state index < -0.39 is 24.6 Å². The Morgan fingerprint density at radius 1 is 0.659 bits per heavy atom. The molecule has 1 fully saturated rings. The van der Waals surface area contributed by atoms with Crippen molar-refractivity contribution < 1.29 is 34.5 Å². The second-order valence-electron chi connectivity index (χ2n) is 10.8. The van der Waals surface area contributed by atoms with Gasteiger partial charge in [-0.05, 0) is 63.1 Å². The van der Waals surface area contributed by atoms with Crippen molar-refractivity contribution in [2.24, 2.45) is 5.73 Å². The van der Waals surface area contributed by atoms with Gasteiger partial charge in [0.25, 0.3) is 0 Å². The van der Waals surface area contributed by atoms with Gasteiger partial charge in [-0.15, -0.1) is 0 Å². The smallest absolute Gasteiger partial charge is 0.238 e. The molecule has 1 aliphatic rings. The van der Waals surface area contributed by atoms with Crippen LogP contribution < -0.4 is 37.0 Å². The van der Waals surface area contributed by atoms with Gasteiger partial charge in [0.2, 0.25) is 5.91 Å². The SMILES string of the molecule is NCCCCNCCCNCc1ccc(NC(=O)CN2CCN(CC(=O)[O-])CCN(CC(=O)[O-])CCN(C(=O)[O-])CC2)cc1. The Morgan fingerprint density at radius 2 is 1.16 bits per heavy atom. The summed E-state index contributed by atoms with van der Waals surface area (Å²) in [6, 6.07) is 7.51. The molecule has 1 heterocycles. The van der Waals surface area contributed by atoms with Crippen LogP contribution in [0, 0.1) is 0 Å². The number of nitrogens with one attached hydrogen (secondary N) is 3. The molecule has 2 rings (SSSR count). The third kappa shape index (κ3) is 16.5. The van der Waals surface area contributed by atoms with Gasteiger partial charge < -0.3 is 56.3 Å². The second kappa shape index (κ2) is 21.4. The van der Waals surface area contributed by atoms with Gasteiger partial charge in [-0.25, -0.2) is 0 Å². The Bertz CT molecular complexity index is 1010. The van der Waals surface area contributed by atoms with E-state index in [1.54, 1.807) is 9.80 Å². The maximum absolute atomic E-state index is 12.9. The highest BCUT2D eigenvalue weighted by Crippen LogP contribution is 2.10. The van der Waals surface area contributed by atoms with Crippen LogP contribution in [0.4, 0.5) is 10.5 Å². The maximum Gasteiger partial charge on any atom is 0.238 e. The maximum atomic E-state index is 12.9. The predicted octanol–water partition coefficient (Wildman–Crippen LogP) is -4.50. The number of unbranched alkanes of at least 4 members (excludes halogenated alkanes) is 1. The van der Waals surface area contributed by atoms with Crippen LogP contribution in [0.25, 0.3) is 0 Å². The van der Waals surface area contributed by atoms with E-state index in [1.807, 2.05) is 24.3 Å². The number of carboxylic acid groups (broad SMARTS) is 3. The minimum Gasteiger partial charge on any atom is -0.549 e. The van der Waals surface area contributed by atoms with Gasteiger partial charge >= 0.3 is 0 Å². The van der Waals surface area contributed by atoms with Crippen LogP contribution in [-0.2, 0) is 20.9 Å². The minimum atomic E-state index is -1.40. The molecule has 15 heteroatoms. The van der Waals surface area contributed by atoms with Crippen molar-refractivity contribution in [3.05, 3.63) is 29.8 Å². The molecule has 44 heavy (non-hydrogen) atoms. The normalized spacial score (nSPS) is 16.2. The second-order valence-corrected chi connectivity index (χ2v) is 10.8. The topological polar surface area (TPSA) is 213 Å². The summed E-state index contributed by atoms with van der Waals surface area (Å²) in [6.07, 6.45) is 1.73. The number of carboxylic acids is 2. The Morgan fingerprint density at radius 3 is 1.68 bits per heavy atom. The molecule has 248 valence electrons. The molecule has 1 aliphatic heterocycles. The summed E-state index contributed by atoms with van der Waals surface area (Å²) in [7, 11) is 0. The highest BCUT2D eigenvalue weighted by atomic mass is 16.4. The van der Waals surface area contributed by atoms with Gasteiger partial charge in [0, 0.05) is 77.7 Å². The summed E-state index contributed by atoms with van der Waals surface area (Å²) >= 11 is 0. The van der Waals surface area contributed by atoms with Crippen molar-refractivity contribution in [1.82, 2.24) is 30.2 Å². The molecule has 15 nitrogen and oxygen atoms in total. The molecule has 0 atom stereocenters. The molecular formula is C29H47N8O7-3. The zero-order valence-corrected chi connectivity index (χ0v) is 25.5. The number of hydrogen-bond donors (Lipinski definition) is 4. The number of aliphatic carboxylic acids is 2. The third-order valence-electron chi connectivity index (χ3n) is 7.25. The first-order chi connectivity index (χ1) is 21.2. The summed E-state index contributed by atoms with van der Waals surface area (Å²) in [5.74, 6) is -2.89. The van der Waals surface area contributed by atoms with E-state index in [1.165, 1.54) is 4.90 Å². The molecule has 5 N–H and O–H groups in total. The molecule has 0 unspecified atom stereocenters. The molecule has 2 amide bonds. The number of benzene rings is 1. The van der Waals surface area contributed by atoms with Gasteiger partial charge in [-0.3, -0.25) is 19.5 Å². The van der Waals surface area contributed by atoms with E-state index in [4.69, 9.17) is 5.73 Å². The van der Waals surface area contributed by atoms with E-state index >= 15 is 0 Å². The van der Waals surface area contributed by atoms with Crippen LogP contribution in [0.3, 0.4) is 0 Å². The van der Waals surface area contributed by atoms with E-state index in [0.717, 1.165) is 55.9 Å². The van der Waals surface area contributed by atoms with E-state index in [9.17, 15) is 34.5 Å². The Hall–Kier alpha value is -3.34. The van der Waals surface area contributed by atoms with Crippen LogP contribution in [0.1, 0.15) is 24.8 Å². The van der Waals surface area contributed by atoms with Crippen molar-refractivity contribution in [3.8, 4) is 0 Å². The van der Waals surface area contributed by atoms with Gasteiger partial charge in [-0.1, -0.05) is 12.1 Å². The lowest BCUT2D eigenvalue weighted by molar-refractivity contribution is -0.308. The molecule has 0 spiro atoms. The Balaban J connectivity index is 1.89. The first-order valence-electron chi connectivity index (χ1n) is 15.2. The Kier molecular flexibility index (Phi) is 17.9. The number of anilines is 1. The average Bonchev–Trinajstić information content (AvgIpc) is 2.96. The quantitative estimate of drug-likeness (QED) is 0.121. The van der Waals surface area contributed by atoms with Crippen LogP contribution in [0.2, 0.25) is 0 Å². The zero-order valence-electron chi connectivity index (χ0n) is 25.5. The molecule has 0 aromatic heterocycles.